The van der Waals surface area contributed by atoms with Crippen LogP contribution in [-0.2, 0) is 4.74 Å². The summed E-state index contributed by atoms with van der Waals surface area (Å²) in [4.78, 5) is 2.18. The van der Waals surface area contributed by atoms with Gasteiger partial charge in [0.05, 0.1) is 19.8 Å². The zero-order chi connectivity index (χ0) is 11.7. The molecule has 0 aliphatic heterocycles. The number of hydrogen-bond acceptors (Lipinski definition) is 4. The van der Waals surface area contributed by atoms with Crippen LogP contribution in [0.4, 0.5) is 0 Å². The van der Waals surface area contributed by atoms with Crippen LogP contribution in [0.15, 0.2) is 0 Å². The maximum atomic E-state index is 9.18. The molecule has 0 aliphatic carbocycles. The number of aliphatic hydroxyl groups is 2. The van der Waals surface area contributed by atoms with Gasteiger partial charge in [0.1, 0.15) is 0 Å². The lowest BCUT2D eigenvalue weighted by Gasteiger charge is -2.32. The zero-order valence-corrected chi connectivity index (χ0v) is 10.2. The van der Waals surface area contributed by atoms with Crippen molar-refractivity contribution in [2.75, 3.05) is 46.1 Å². The summed E-state index contributed by atoms with van der Waals surface area (Å²) in [7, 11) is 0. The first-order valence-corrected chi connectivity index (χ1v) is 5.63. The molecule has 0 bridgehead atoms. The van der Waals surface area contributed by atoms with Gasteiger partial charge in [0.25, 0.3) is 0 Å². The minimum absolute atomic E-state index is 0.00857. The van der Waals surface area contributed by atoms with Crippen molar-refractivity contribution in [2.24, 2.45) is 5.41 Å². The third kappa shape index (κ3) is 6.10. The Kier molecular flexibility index (Phi) is 7.96. The molecule has 2 N–H and O–H groups in total. The monoisotopic (exact) mass is 219 g/mol. The summed E-state index contributed by atoms with van der Waals surface area (Å²) in [5.41, 5.74) is -0.414. The lowest BCUT2D eigenvalue weighted by atomic mass is 9.92. The molecule has 0 spiro atoms. The molecule has 0 radical (unpaired) electrons. The molecule has 0 aromatic carbocycles. The molecule has 0 saturated carbocycles. The molecule has 4 nitrogen and oxygen atoms in total. The van der Waals surface area contributed by atoms with Gasteiger partial charge in [0, 0.05) is 25.1 Å². The predicted octanol–water partition coefficient (Wildman–Crippen LogP) is 0.336. The molecule has 15 heavy (non-hydrogen) atoms. The lowest BCUT2D eigenvalue weighted by molar-refractivity contribution is 0.0262. The van der Waals surface area contributed by atoms with E-state index in [0.717, 1.165) is 19.7 Å². The van der Waals surface area contributed by atoms with E-state index in [1.54, 1.807) is 0 Å². The summed E-state index contributed by atoms with van der Waals surface area (Å²) in [5, 5.41) is 18.4. The SMILES string of the molecule is CCOCCN(CC)CC(C)(CO)CO. The largest absolute Gasteiger partial charge is 0.396 e. The van der Waals surface area contributed by atoms with Crippen LogP contribution in [0, 0.1) is 5.41 Å². The van der Waals surface area contributed by atoms with E-state index >= 15 is 0 Å². The van der Waals surface area contributed by atoms with E-state index in [9.17, 15) is 10.2 Å². The Morgan fingerprint density at radius 1 is 1.20 bits per heavy atom. The molecule has 0 heterocycles. The van der Waals surface area contributed by atoms with Crippen LogP contribution in [0.1, 0.15) is 20.8 Å². The summed E-state index contributed by atoms with van der Waals surface area (Å²) < 4.78 is 5.28. The summed E-state index contributed by atoms with van der Waals surface area (Å²) >= 11 is 0. The third-order valence-electron chi connectivity index (χ3n) is 2.57. The fourth-order valence-corrected chi connectivity index (χ4v) is 1.38. The van der Waals surface area contributed by atoms with Crippen molar-refractivity contribution in [1.82, 2.24) is 4.90 Å². The number of nitrogens with zero attached hydrogens (tertiary/aromatic N) is 1. The number of aliphatic hydroxyl groups excluding tert-OH is 2. The summed E-state index contributed by atoms with van der Waals surface area (Å²) in [6.07, 6.45) is 0. The first kappa shape index (κ1) is 14.8. The quantitative estimate of drug-likeness (QED) is 0.549. The van der Waals surface area contributed by atoms with Gasteiger partial charge < -0.3 is 19.8 Å². The Balaban J connectivity index is 3.95. The Hall–Kier alpha value is -0.160. The van der Waals surface area contributed by atoms with Crippen LogP contribution < -0.4 is 0 Å². The fraction of sp³-hybridized carbons (Fsp3) is 1.00. The highest BCUT2D eigenvalue weighted by Gasteiger charge is 2.24. The molecule has 0 fully saturated rings. The molecule has 0 aliphatic rings. The summed E-state index contributed by atoms with van der Waals surface area (Å²) in [5.74, 6) is 0. The van der Waals surface area contributed by atoms with Crippen molar-refractivity contribution >= 4 is 0 Å². The molecule has 4 heteroatoms. The standard InChI is InChI=1S/C11H25NO3/c1-4-12(6-7-15-5-2)8-11(3,9-13)10-14/h13-14H,4-10H2,1-3H3. The average Bonchev–Trinajstić information content (AvgIpc) is 2.27. The first-order chi connectivity index (χ1) is 7.11. The molecule has 0 unspecified atom stereocenters. The van der Waals surface area contributed by atoms with Crippen molar-refractivity contribution in [1.29, 1.82) is 0 Å². The van der Waals surface area contributed by atoms with Gasteiger partial charge in [-0.3, -0.25) is 0 Å². The summed E-state index contributed by atoms with van der Waals surface area (Å²) in [6, 6.07) is 0. The molecule has 0 aromatic rings. The normalized spacial score (nSPS) is 12.4. The van der Waals surface area contributed by atoms with Crippen LogP contribution in [0.5, 0.6) is 0 Å². The van der Waals surface area contributed by atoms with E-state index in [-0.39, 0.29) is 13.2 Å². The highest BCUT2D eigenvalue weighted by atomic mass is 16.5. The van der Waals surface area contributed by atoms with Crippen molar-refractivity contribution < 1.29 is 14.9 Å². The minimum atomic E-state index is -0.414. The average molecular weight is 219 g/mol. The van der Waals surface area contributed by atoms with Gasteiger partial charge in [-0.1, -0.05) is 13.8 Å². The van der Waals surface area contributed by atoms with E-state index < -0.39 is 5.41 Å². The molecule has 0 atom stereocenters. The zero-order valence-electron chi connectivity index (χ0n) is 10.2. The summed E-state index contributed by atoms with van der Waals surface area (Å²) in [6.45, 7) is 9.83. The van der Waals surface area contributed by atoms with Crippen molar-refractivity contribution in [3.05, 3.63) is 0 Å². The van der Waals surface area contributed by atoms with Crippen LogP contribution in [0.25, 0.3) is 0 Å². The lowest BCUT2D eigenvalue weighted by Crippen LogP contribution is -2.42. The van der Waals surface area contributed by atoms with Crippen molar-refractivity contribution in [2.45, 2.75) is 20.8 Å². The maximum Gasteiger partial charge on any atom is 0.0593 e. The molecule has 0 rings (SSSR count). The molecule has 0 amide bonds. The fourth-order valence-electron chi connectivity index (χ4n) is 1.38. The van der Waals surface area contributed by atoms with Crippen LogP contribution in [-0.4, -0.2) is 61.2 Å². The Bertz CT molecular complexity index is 149. The molecule has 92 valence electrons. The molecule has 0 saturated heterocycles. The number of likely N-dealkylation sites (N-methyl/N-ethyl adjacent to an activating group) is 1. The second-order valence-corrected chi connectivity index (χ2v) is 4.19. The third-order valence-corrected chi connectivity index (χ3v) is 2.57. The Morgan fingerprint density at radius 2 is 1.80 bits per heavy atom. The second-order valence-electron chi connectivity index (χ2n) is 4.19. The van der Waals surface area contributed by atoms with Gasteiger partial charge in [0.2, 0.25) is 0 Å². The van der Waals surface area contributed by atoms with Gasteiger partial charge >= 0.3 is 0 Å². The van der Waals surface area contributed by atoms with Crippen molar-refractivity contribution in [3.63, 3.8) is 0 Å². The predicted molar refractivity (Wildman–Crippen MR) is 60.9 cm³/mol. The number of ether oxygens (including phenoxy) is 1. The van der Waals surface area contributed by atoms with Crippen LogP contribution >= 0.6 is 0 Å². The number of hydrogen-bond donors (Lipinski definition) is 2. The topological polar surface area (TPSA) is 52.9 Å². The van der Waals surface area contributed by atoms with Crippen molar-refractivity contribution in [3.8, 4) is 0 Å². The van der Waals surface area contributed by atoms with E-state index in [2.05, 4.69) is 11.8 Å². The second kappa shape index (κ2) is 8.05. The molecular weight excluding hydrogens is 194 g/mol. The highest BCUT2D eigenvalue weighted by molar-refractivity contribution is 4.76. The van der Waals surface area contributed by atoms with Gasteiger partial charge in [-0.15, -0.1) is 0 Å². The smallest absolute Gasteiger partial charge is 0.0593 e. The maximum absolute atomic E-state index is 9.18. The molecule has 0 aromatic heterocycles. The van der Waals surface area contributed by atoms with Crippen LogP contribution in [0.2, 0.25) is 0 Å². The highest BCUT2D eigenvalue weighted by Crippen LogP contribution is 2.15. The number of rotatable bonds is 9. The van der Waals surface area contributed by atoms with E-state index in [4.69, 9.17) is 4.74 Å². The minimum Gasteiger partial charge on any atom is -0.396 e. The molecular formula is C11H25NO3. The van der Waals surface area contributed by atoms with Gasteiger partial charge in [-0.2, -0.15) is 0 Å². The Morgan fingerprint density at radius 3 is 2.20 bits per heavy atom. The van der Waals surface area contributed by atoms with E-state index in [1.807, 2.05) is 13.8 Å². The first-order valence-electron chi connectivity index (χ1n) is 5.63. The van der Waals surface area contributed by atoms with E-state index in [1.165, 1.54) is 0 Å². The van der Waals surface area contributed by atoms with Gasteiger partial charge in [0.15, 0.2) is 0 Å². The van der Waals surface area contributed by atoms with Gasteiger partial charge in [-0.25, -0.2) is 0 Å². The Labute approximate surface area is 92.9 Å². The van der Waals surface area contributed by atoms with Crippen LogP contribution in [0.3, 0.4) is 0 Å². The van der Waals surface area contributed by atoms with E-state index in [0.29, 0.717) is 13.2 Å². The van der Waals surface area contributed by atoms with Gasteiger partial charge in [-0.05, 0) is 13.5 Å².